The predicted molar refractivity (Wildman–Crippen MR) is 86.1 cm³/mol. The molecule has 0 unspecified atom stereocenters. The number of hydrogen-bond donors (Lipinski definition) is 1. The van der Waals surface area contributed by atoms with Crippen LogP contribution in [0.2, 0.25) is 5.02 Å². The molecule has 2 fully saturated rings. The highest BCUT2D eigenvalue weighted by molar-refractivity contribution is 7.21. The van der Waals surface area contributed by atoms with Crippen LogP contribution in [0.3, 0.4) is 0 Å². The van der Waals surface area contributed by atoms with E-state index >= 15 is 0 Å². The van der Waals surface area contributed by atoms with Gasteiger partial charge in [-0.05, 0) is 18.2 Å². The number of rotatable bonds is 3. The normalized spacial score (nSPS) is 19.2. The van der Waals surface area contributed by atoms with Gasteiger partial charge in [0.15, 0.2) is 0 Å². The van der Waals surface area contributed by atoms with Gasteiger partial charge in [0, 0.05) is 23.2 Å². The summed E-state index contributed by atoms with van der Waals surface area (Å²) in [6.45, 7) is -0.673. The highest BCUT2D eigenvalue weighted by atomic mass is 35.5. The number of nitrogens with one attached hydrogen (secondary N) is 1. The first-order chi connectivity index (χ1) is 11.5. The number of hydrogen-bond acceptors (Lipinski definition) is 5. The summed E-state index contributed by atoms with van der Waals surface area (Å²) in [4.78, 5) is 14.8. The zero-order valence-electron chi connectivity index (χ0n) is 12.4. The largest absolute Gasteiger partial charge is 0.435 e. The third-order valence-corrected chi connectivity index (χ3v) is 5.87. The summed E-state index contributed by atoms with van der Waals surface area (Å²) in [5.41, 5.74) is -0.142. The van der Waals surface area contributed by atoms with Gasteiger partial charge in [-0.25, -0.2) is 0 Å². The van der Waals surface area contributed by atoms with Crippen LogP contribution >= 0.6 is 22.9 Å². The third-order valence-electron chi connectivity index (χ3n) is 4.22. The van der Waals surface area contributed by atoms with Gasteiger partial charge in [-0.15, -0.1) is 11.3 Å². The summed E-state index contributed by atoms with van der Waals surface area (Å²) < 4.78 is 35.0. The lowest BCUT2D eigenvalue weighted by atomic mass is 9.91. The van der Waals surface area contributed by atoms with E-state index in [-0.39, 0.29) is 17.2 Å². The van der Waals surface area contributed by atoms with Crippen LogP contribution in [0.15, 0.2) is 18.2 Å². The summed E-state index contributed by atoms with van der Waals surface area (Å²) >= 11 is 7.50. The maximum Gasteiger partial charge on any atom is 0.387 e. The van der Waals surface area contributed by atoms with E-state index in [1.165, 1.54) is 23.5 Å². The first kappa shape index (κ1) is 16.0. The fraction of sp³-hybridized carbons (Fsp3) is 0.400. The lowest BCUT2D eigenvalue weighted by Gasteiger charge is -2.46. The molecule has 1 aromatic carbocycles. The molecule has 5 nitrogen and oxygen atoms in total. The molecule has 1 aromatic heterocycles. The zero-order chi connectivity index (χ0) is 16.9. The number of thiophene rings is 1. The van der Waals surface area contributed by atoms with E-state index in [4.69, 9.17) is 16.3 Å². The molecule has 1 amide bonds. The molecule has 0 radical (unpaired) electrons. The van der Waals surface area contributed by atoms with Crippen molar-refractivity contribution in [1.29, 1.82) is 0 Å². The van der Waals surface area contributed by atoms with Crippen molar-refractivity contribution >= 4 is 38.9 Å². The summed E-state index contributed by atoms with van der Waals surface area (Å²) in [6.07, 6.45) is 0. The first-order valence-corrected chi connectivity index (χ1v) is 8.46. The number of nitrogens with zero attached hydrogens (tertiary/aromatic N) is 1. The van der Waals surface area contributed by atoms with Crippen LogP contribution < -0.4 is 10.1 Å². The van der Waals surface area contributed by atoms with Gasteiger partial charge in [-0.2, -0.15) is 8.78 Å². The molecule has 9 heteroatoms. The Hall–Kier alpha value is -1.48. The Kier molecular flexibility index (Phi) is 3.87. The molecule has 128 valence electrons. The van der Waals surface area contributed by atoms with Gasteiger partial charge in [0.25, 0.3) is 5.91 Å². The standard InChI is InChI=1S/C15H13ClF2N2O3S/c16-11-9-2-1-8(23-14(17)18)3-10(9)24-12(11)13(21)20-4-15(5-20)6-22-7-19-15/h1-3,14,19H,4-7H2. The van der Waals surface area contributed by atoms with E-state index in [2.05, 4.69) is 10.1 Å². The molecule has 1 N–H and O–H groups in total. The monoisotopic (exact) mass is 374 g/mol. The van der Waals surface area contributed by atoms with E-state index in [1.54, 1.807) is 11.0 Å². The maximum absolute atomic E-state index is 12.7. The minimum atomic E-state index is -2.89. The van der Waals surface area contributed by atoms with E-state index in [1.807, 2.05) is 0 Å². The summed E-state index contributed by atoms with van der Waals surface area (Å²) in [5.74, 6) is -0.110. The molecular formula is C15H13ClF2N2O3S. The lowest BCUT2D eigenvalue weighted by molar-refractivity contribution is -0.0497. The molecule has 2 saturated heterocycles. The molecule has 0 bridgehead atoms. The quantitative estimate of drug-likeness (QED) is 0.897. The number of amides is 1. The Morgan fingerprint density at radius 1 is 1.46 bits per heavy atom. The smallest absolute Gasteiger partial charge is 0.387 e. The number of ether oxygens (including phenoxy) is 2. The zero-order valence-corrected chi connectivity index (χ0v) is 13.9. The number of fused-ring (bicyclic) bond motifs is 1. The van der Waals surface area contributed by atoms with Gasteiger partial charge >= 0.3 is 6.61 Å². The molecule has 0 aliphatic carbocycles. The SMILES string of the molecule is O=C(c1sc2cc(OC(F)F)ccc2c1Cl)N1CC2(COCN2)C1. The maximum atomic E-state index is 12.7. The highest BCUT2D eigenvalue weighted by Gasteiger charge is 2.48. The highest BCUT2D eigenvalue weighted by Crippen LogP contribution is 2.39. The molecule has 3 heterocycles. The molecule has 1 spiro atoms. The van der Waals surface area contributed by atoms with Crippen LogP contribution in [0.4, 0.5) is 8.78 Å². The van der Waals surface area contributed by atoms with Crippen LogP contribution in [0, 0.1) is 0 Å². The van der Waals surface area contributed by atoms with Crippen molar-refractivity contribution in [3.8, 4) is 5.75 Å². The lowest BCUT2D eigenvalue weighted by Crippen LogP contribution is -2.69. The predicted octanol–water partition coefficient (Wildman–Crippen LogP) is 2.93. The van der Waals surface area contributed by atoms with Crippen molar-refractivity contribution in [2.45, 2.75) is 12.2 Å². The third kappa shape index (κ3) is 2.63. The van der Waals surface area contributed by atoms with Gasteiger partial charge in [-0.3, -0.25) is 10.1 Å². The Labute approximate surface area is 145 Å². The Bertz CT molecular complexity index is 799. The molecule has 0 saturated carbocycles. The van der Waals surface area contributed by atoms with Gasteiger partial charge in [0.2, 0.25) is 0 Å². The number of alkyl halides is 2. The molecular weight excluding hydrogens is 362 g/mol. The van der Waals surface area contributed by atoms with Crippen LogP contribution in [0.5, 0.6) is 5.75 Å². The molecule has 2 aliphatic heterocycles. The fourth-order valence-electron chi connectivity index (χ4n) is 3.04. The number of carbonyl (C=O) groups excluding carboxylic acids is 1. The number of benzene rings is 1. The molecule has 2 aromatic rings. The average molecular weight is 375 g/mol. The van der Waals surface area contributed by atoms with E-state index < -0.39 is 6.61 Å². The molecule has 2 aliphatic rings. The van der Waals surface area contributed by atoms with Gasteiger partial charge in [-0.1, -0.05) is 11.6 Å². The Morgan fingerprint density at radius 2 is 2.25 bits per heavy atom. The summed E-state index contributed by atoms with van der Waals surface area (Å²) in [5, 5.41) is 4.24. The van der Waals surface area contributed by atoms with E-state index in [0.717, 1.165) is 0 Å². The molecule has 0 atom stereocenters. The second kappa shape index (κ2) is 5.80. The minimum Gasteiger partial charge on any atom is -0.435 e. The second-order valence-corrected chi connectivity index (χ2v) is 7.32. The van der Waals surface area contributed by atoms with E-state index in [9.17, 15) is 13.6 Å². The Balaban J connectivity index is 1.57. The summed E-state index contributed by atoms with van der Waals surface area (Å²) in [7, 11) is 0. The fourth-order valence-corrected chi connectivity index (χ4v) is 4.54. The second-order valence-electron chi connectivity index (χ2n) is 5.89. The van der Waals surface area contributed by atoms with Gasteiger partial charge < -0.3 is 14.4 Å². The number of likely N-dealkylation sites (tertiary alicyclic amines) is 1. The number of halogens is 3. The topological polar surface area (TPSA) is 50.8 Å². The van der Waals surface area contributed by atoms with Crippen molar-refractivity contribution in [2.24, 2.45) is 0 Å². The van der Waals surface area contributed by atoms with E-state index in [0.29, 0.717) is 46.4 Å². The number of carbonyl (C=O) groups is 1. The summed E-state index contributed by atoms with van der Waals surface area (Å²) in [6, 6.07) is 4.48. The first-order valence-electron chi connectivity index (χ1n) is 7.26. The minimum absolute atomic E-state index is 0.0459. The van der Waals surface area contributed by atoms with Crippen LogP contribution in [-0.4, -0.2) is 49.4 Å². The van der Waals surface area contributed by atoms with Crippen LogP contribution in [0.25, 0.3) is 10.1 Å². The van der Waals surface area contributed by atoms with Crippen molar-refractivity contribution in [2.75, 3.05) is 26.4 Å². The van der Waals surface area contributed by atoms with Crippen LogP contribution in [0.1, 0.15) is 9.67 Å². The van der Waals surface area contributed by atoms with Gasteiger partial charge in [0.05, 0.1) is 23.9 Å². The average Bonchev–Trinajstić information content (AvgIpc) is 3.10. The van der Waals surface area contributed by atoms with Crippen molar-refractivity contribution in [1.82, 2.24) is 10.2 Å². The van der Waals surface area contributed by atoms with Crippen LogP contribution in [-0.2, 0) is 4.74 Å². The van der Waals surface area contributed by atoms with Crippen molar-refractivity contribution in [3.05, 3.63) is 28.1 Å². The van der Waals surface area contributed by atoms with Crippen molar-refractivity contribution in [3.63, 3.8) is 0 Å². The Morgan fingerprint density at radius 3 is 2.92 bits per heavy atom. The molecule has 4 rings (SSSR count). The van der Waals surface area contributed by atoms with Gasteiger partial charge in [0.1, 0.15) is 10.6 Å². The van der Waals surface area contributed by atoms with Crippen molar-refractivity contribution < 1.29 is 23.0 Å². The molecule has 24 heavy (non-hydrogen) atoms.